The summed E-state index contributed by atoms with van der Waals surface area (Å²) < 4.78 is 37.0. The molecule has 0 saturated carbocycles. The first-order valence-electron chi connectivity index (χ1n) is 9.01. The first-order valence-corrected chi connectivity index (χ1v) is 9.01. The number of benzene rings is 2. The van der Waals surface area contributed by atoms with E-state index in [0.29, 0.717) is 24.6 Å². The lowest BCUT2D eigenvalue weighted by atomic mass is 10.1. The molecule has 2 aromatic carbocycles. The third kappa shape index (κ3) is 6.00. The molecular formula is C22H20F2N2O3. The Morgan fingerprint density at radius 3 is 2.45 bits per heavy atom. The number of carbonyl (C=O) groups excluding carboxylic acids is 1. The van der Waals surface area contributed by atoms with Gasteiger partial charge < -0.3 is 14.8 Å². The third-order valence-corrected chi connectivity index (χ3v) is 4.18. The normalized spacial score (nSPS) is 10.4. The molecule has 1 aromatic heterocycles. The van der Waals surface area contributed by atoms with Crippen LogP contribution >= 0.6 is 0 Å². The molecule has 0 unspecified atom stereocenters. The van der Waals surface area contributed by atoms with Crippen LogP contribution < -0.4 is 14.8 Å². The molecule has 0 saturated heterocycles. The Morgan fingerprint density at radius 1 is 1.03 bits per heavy atom. The minimum atomic E-state index is -0.445. The van der Waals surface area contributed by atoms with E-state index in [1.165, 1.54) is 37.4 Å². The highest BCUT2D eigenvalue weighted by Crippen LogP contribution is 2.20. The van der Waals surface area contributed by atoms with Gasteiger partial charge in [0.05, 0.1) is 7.11 Å². The van der Waals surface area contributed by atoms with E-state index in [2.05, 4.69) is 10.3 Å². The highest BCUT2D eigenvalue weighted by molar-refractivity contribution is 5.76. The first-order chi connectivity index (χ1) is 14.0. The van der Waals surface area contributed by atoms with E-state index in [1.807, 2.05) is 0 Å². The predicted octanol–water partition coefficient (Wildman–Crippen LogP) is 4.41. The van der Waals surface area contributed by atoms with Crippen molar-refractivity contribution in [2.45, 2.75) is 19.4 Å². The largest absolute Gasteiger partial charge is 0.494 e. The Labute approximate surface area is 167 Å². The van der Waals surface area contributed by atoms with Crippen LogP contribution in [0.5, 0.6) is 17.4 Å². The summed E-state index contributed by atoms with van der Waals surface area (Å²) in [6.45, 7) is 0.319. The molecule has 0 radical (unpaired) electrons. The van der Waals surface area contributed by atoms with E-state index in [0.717, 1.165) is 11.1 Å². The van der Waals surface area contributed by atoms with Gasteiger partial charge in [-0.1, -0.05) is 12.1 Å². The molecule has 0 aliphatic rings. The van der Waals surface area contributed by atoms with Crippen molar-refractivity contribution in [3.05, 3.63) is 83.6 Å². The van der Waals surface area contributed by atoms with Gasteiger partial charge in [-0.25, -0.2) is 13.8 Å². The molecule has 1 heterocycles. The molecule has 0 aliphatic carbocycles. The SMILES string of the molecule is COc1ccc(CCC(=O)NCc2ccc(Oc3ccc(F)cc3)nc2)cc1F. The second kappa shape index (κ2) is 9.64. The number of methoxy groups -OCH3 is 1. The standard InChI is InChI=1S/C22H20F2N2O3/c1-28-20-9-2-15(12-19(20)24)3-10-21(27)25-13-16-4-11-22(26-14-16)29-18-7-5-17(23)6-8-18/h2,4-9,11-12,14H,3,10,13H2,1H3,(H,25,27). The maximum Gasteiger partial charge on any atom is 0.220 e. The zero-order valence-electron chi connectivity index (χ0n) is 15.8. The van der Waals surface area contributed by atoms with Gasteiger partial charge in [-0.05, 0) is 53.9 Å². The highest BCUT2D eigenvalue weighted by atomic mass is 19.1. The summed E-state index contributed by atoms with van der Waals surface area (Å²) in [5.41, 5.74) is 1.53. The fourth-order valence-electron chi connectivity index (χ4n) is 2.61. The van der Waals surface area contributed by atoms with Crippen LogP contribution in [0.25, 0.3) is 0 Å². The molecule has 150 valence electrons. The van der Waals surface area contributed by atoms with E-state index in [4.69, 9.17) is 9.47 Å². The van der Waals surface area contributed by atoms with Gasteiger partial charge in [0.15, 0.2) is 11.6 Å². The molecule has 0 atom stereocenters. The minimum Gasteiger partial charge on any atom is -0.494 e. The smallest absolute Gasteiger partial charge is 0.220 e. The van der Waals surface area contributed by atoms with Gasteiger partial charge in [-0.2, -0.15) is 0 Å². The van der Waals surface area contributed by atoms with Gasteiger partial charge in [-0.3, -0.25) is 4.79 Å². The average Bonchev–Trinajstić information content (AvgIpc) is 2.73. The minimum absolute atomic E-state index is 0.145. The maximum absolute atomic E-state index is 13.7. The number of aromatic nitrogens is 1. The summed E-state index contributed by atoms with van der Waals surface area (Å²) in [4.78, 5) is 16.2. The molecule has 1 N–H and O–H groups in total. The van der Waals surface area contributed by atoms with Gasteiger partial charge in [0.2, 0.25) is 11.8 Å². The van der Waals surface area contributed by atoms with E-state index in [-0.39, 0.29) is 23.9 Å². The number of amides is 1. The van der Waals surface area contributed by atoms with Crippen LogP contribution in [-0.2, 0) is 17.8 Å². The third-order valence-electron chi connectivity index (χ3n) is 4.18. The molecule has 7 heteroatoms. The number of hydrogen-bond acceptors (Lipinski definition) is 4. The molecule has 0 aliphatic heterocycles. The number of pyridine rings is 1. The summed E-state index contributed by atoms with van der Waals surface area (Å²) in [5, 5.41) is 2.80. The number of ether oxygens (including phenoxy) is 2. The molecule has 0 bridgehead atoms. The molecule has 0 fully saturated rings. The summed E-state index contributed by atoms with van der Waals surface area (Å²) in [5.74, 6) is 0.0986. The molecule has 5 nitrogen and oxygen atoms in total. The lowest BCUT2D eigenvalue weighted by Crippen LogP contribution is -2.23. The highest BCUT2D eigenvalue weighted by Gasteiger charge is 2.07. The molecule has 29 heavy (non-hydrogen) atoms. The summed E-state index contributed by atoms with van der Waals surface area (Å²) >= 11 is 0. The number of carbonyl (C=O) groups is 1. The van der Waals surface area contributed by atoms with Crippen LogP contribution in [0.15, 0.2) is 60.8 Å². The van der Waals surface area contributed by atoms with Crippen molar-refractivity contribution in [2.24, 2.45) is 0 Å². The second-order valence-corrected chi connectivity index (χ2v) is 6.31. The van der Waals surface area contributed by atoms with Gasteiger partial charge >= 0.3 is 0 Å². The lowest BCUT2D eigenvalue weighted by Gasteiger charge is -2.08. The van der Waals surface area contributed by atoms with Crippen molar-refractivity contribution in [3.63, 3.8) is 0 Å². The first kappa shape index (κ1) is 20.3. The van der Waals surface area contributed by atoms with Gasteiger partial charge in [-0.15, -0.1) is 0 Å². The van der Waals surface area contributed by atoms with E-state index < -0.39 is 5.82 Å². The zero-order chi connectivity index (χ0) is 20.6. The van der Waals surface area contributed by atoms with Crippen LogP contribution in [0.1, 0.15) is 17.5 Å². The zero-order valence-corrected chi connectivity index (χ0v) is 15.8. The fourth-order valence-corrected chi connectivity index (χ4v) is 2.61. The molecule has 3 aromatic rings. The number of aryl methyl sites for hydroxylation is 1. The number of nitrogens with zero attached hydrogens (tertiary/aromatic N) is 1. The summed E-state index contributed by atoms with van der Waals surface area (Å²) in [7, 11) is 1.40. The Kier molecular flexibility index (Phi) is 6.73. The summed E-state index contributed by atoms with van der Waals surface area (Å²) in [6, 6.07) is 13.7. The molecule has 1 amide bonds. The van der Waals surface area contributed by atoms with Crippen LogP contribution in [0.2, 0.25) is 0 Å². The van der Waals surface area contributed by atoms with Crippen LogP contribution in [0, 0.1) is 11.6 Å². The van der Waals surface area contributed by atoms with Crippen molar-refractivity contribution < 1.29 is 23.0 Å². The Balaban J connectivity index is 1.45. The average molecular weight is 398 g/mol. The number of nitrogens with one attached hydrogen (secondary N) is 1. The Bertz CT molecular complexity index is 961. The lowest BCUT2D eigenvalue weighted by molar-refractivity contribution is -0.121. The quantitative estimate of drug-likeness (QED) is 0.611. The van der Waals surface area contributed by atoms with E-state index >= 15 is 0 Å². The Morgan fingerprint density at radius 2 is 1.79 bits per heavy atom. The second-order valence-electron chi connectivity index (χ2n) is 6.31. The summed E-state index contributed by atoms with van der Waals surface area (Å²) in [6.07, 6.45) is 2.26. The van der Waals surface area contributed by atoms with Crippen LogP contribution in [0.3, 0.4) is 0 Å². The van der Waals surface area contributed by atoms with Gasteiger partial charge in [0.25, 0.3) is 0 Å². The number of rotatable bonds is 8. The maximum atomic E-state index is 13.7. The predicted molar refractivity (Wildman–Crippen MR) is 104 cm³/mol. The van der Waals surface area contributed by atoms with Crippen molar-refractivity contribution in [1.29, 1.82) is 0 Å². The van der Waals surface area contributed by atoms with Crippen LogP contribution in [0.4, 0.5) is 8.78 Å². The number of halogens is 2. The fraction of sp³-hybridized carbons (Fsp3) is 0.182. The number of hydrogen-bond donors (Lipinski definition) is 1. The van der Waals surface area contributed by atoms with Gasteiger partial charge in [0.1, 0.15) is 11.6 Å². The van der Waals surface area contributed by atoms with Crippen molar-refractivity contribution in [3.8, 4) is 17.4 Å². The van der Waals surface area contributed by atoms with E-state index in [9.17, 15) is 13.6 Å². The Hall–Kier alpha value is -3.48. The molecular weight excluding hydrogens is 378 g/mol. The molecule has 3 rings (SSSR count). The van der Waals surface area contributed by atoms with Crippen molar-refractivity contribution in [2.75, 3.05) is 7.11 Å². The van der Waals surface area contributed by atoms with Crippen molar-refractivity contribution >= 4 is 5.91 Å². The van der Waals surface area contributed by atoms with Crippen LogP contribution in [-0.4, -0.2) is 18.0 Å². The monoisotopic (exact) mass is 398 g/mol. The van der Waals surface area contributed by atoms with Gasteiger partial charge in [0, 0.05) is 25.2 Å². The topological polar surface area (TPSA) is 60.5 Å². The van der Waals surface area contributed by atoms with Crippen molar-refractivity contribution in [1.82, 2.24) is 10.3 Å². The van der Waals surface area contributed by atoms with E-state index in [1.54, 1.807) is 30.5 Å². The molecule has 0 spiro atoms.